The summed E-state index contributed by atoms with van der Waals surface area (Å²) in [7, 11) is 0. The van der Waals surface area contributed by atoms with Crippen LogP contribution < -0.4 is 10.2 Å². The first-order valence-corrected chi connectivity index (χ1v) is 5.93. The number of hydrogen-bond donors (Lipinski definition) is 1. The first-order valence-electron chi connectivity index (χ1n) is 5.93. The molecule has 0 amide bonds. The summed E-state index contributed by atoms with van der Waals surface area (Å²) in [6, 6.07) is 3.77. The lowest BCUT2D eigenvalue weighted by atomic mass is 10.1. The maximum atomic E-state index is 13.7. The summed E-state index contributed by atoms with van der Waals surface area (Å²) in [6.07, 6.45) is 0.959. The Morgan fingerprint density at radius 2 is 2.06 bits per heavy atom. The highest BCUT2D eigenvalue weighted by atomic mass is 19.1. The van der Waals surface area contributed by atoms with Crippen LogP contribution in [0.25, 0.3) is 0 Å². The minimum atomic E-state index is -0.529. The van der Waals surface area contributed by atoms with Gasteiger partial charge in [-0.25, -0.2) is 8.78 Å². The molecule has 2 nitrogen and oxygen atoms in total. The molecule has 0 saturated carbocycles. The first kappa shape index (κ1) is 12.3. The summed E-state index contributed by atoms with van der Waals surface area (Å²) in [6.45, 7) is 6.61. The van der Waals surface area contributed by atoms with Crippen LogP contribution in [0.4, 0.5) is 14.5 Å². The maximum absolute atomic E-state index is 13.7. The van der Waals surface area contributed by atoms with Gasteiger partial charge < -0.3 is 10.2 Å². The molecule has 0 radical (unpaired) electrons. The highest BCUT2D eigenvalue weighted by molar-refractivity contribution is 5.48. The van der Waals surface area contributed by atoms with E-state index in [9.17, 15) is 8.78 Å². The summed E-state index contributed by atoms with van der Waals surface area (Å²) in [5.74, 6) is -1.01. The van der Waals surface area contributed by atoms with Gasteiger partial charge in [0.25, 0.3) is 0 Å². The van der Waals surface area contributed by atoms with Crippen molar-refractivity contribution in [2.24, 2.45) is 0 Å². The molecule has 0 aromatic heterocycles. The SMILES string of the molecule is CC1(C)CN(c2ccc(F)cc2F)CCCN1. The summed E-state index contributed by atoms with van der Waals surface area (Å²) >= 11 is 0. The van der Waals surface area contributed by atoms with Crippen LogP contribution in [0.2, 0.25) is 0 Å². The average molecular weight is 240 g/mol. The van der Waals surface area contributed by atoms with Crippen LogP contribution in [-0.2, 0) is 0 Å². The largest absolute Gasteiger partial charge is 0.367 e. The standard InChI is InChI=1S/C13H18F2N2/c1-13(2)9-17(7-3-6-16-13)12-5-4-10(14)8-11(12)15/h4-5,8,16H,3,6-7,9H2,1-2H3. The normalized spacial score (nSPS) is 20.1. The fourth-order valence-electron chi connectivity index (χ4n) is 2.25. The van der Waals surface area contributed by atoms with Crippen LogP contribution in [0.5, 0.6) is 0 Å². The highest BCUT2D eigenvalue weighted by Gasteiger charge is 2.25. The van der Waals surface area contributed by atoms with E-state index in [-0.39, 0.29) is 5.54 Å². The third kappa shape index (κ3) is 2.94. The van der Waals surface area contributed by atoms with Crippen molar-refractivity contribution in [3.63, 3.8) is 0 Å². The molecule has 0 bridgehead atoms. The number of nitrogens with one attached hydrogen (secondary N) is 1. The van der Waals surface area contributed by atoms with Crippen LogP contribution in [0.15, 0.2) is 18.2 Å². The van der Waals surface area contributed by atoms with E-state index in [1.807, 2.05) is 4.90 Å². The van der Waals surface area contributed by atoms with Crippen LogP contribution in [0.1, 0.15) is 20.3 Å². The van der Waals surface area contributed by atoms with Gasteiger partial charge >= 0.3 is 0 Å². The molecule has 17 heavy (non-hydrogen) atoms. The van der Waals surface area contributed by atoms with Crippen molar-refractivity contribution in [1.82, 2.24) is 5.32 Å². The van der Waals surface area contributed by atoms with E-state index in [4.69, 9.17) is 0 Å². The van der Waals surface area contributed by atoms with Crippen LogP contribution in [0.3, 0.4) is 0 Å². The van der Waals surface area contributed by atoms with Gasteiger partial charge in [-0.2, -0.15) is 0 Å². The third-order valence-corrected chi connectivity index (χ3v) is 3.04. The molecule has 0 aliphatic carbocycles. The fourth-order valence-corrected chi connectivity index (χ4v) is 2.25. The van der Waals surface area contributed by atoms with Gasteiger partial charge in [-0.1, -0.05) is 0 Å². The summed E-state index contributed by atoms with van der Waals surface area (Å²) in [5, 5.41) is 3.41. The monoisotopic (exact) mass is 240 g/mol. The number of nitrogens with zero attached hydrogens (tertiary/aromatic N) is 1. The van der Waals surface area contributed by atoms with E-state index in [0.29, 0.717) is 5.69 Å². The van der Waals surface area contributed by atoms with Gasteiger partial charge in [0.1, 0.15) is 11.6 Å². The van der Waals surface area contributed by atoms with Crippen molar-refractivity contribution in [2.75, 3.05) is 24.5 Å². The molecule has 4 heteroatoms. The third-order valence-electron chi connectivity index (χ3n) is 3.04. The van der Waals surface area contributed by atoms with Crippen molar-refractivity contribution in [3.05, 3.63) is 29.8 Å². The van der Waals surface area contributed by atoms with Crippen LogP contribution in [-0.4, -0.2) is 25.2 Å². The molecule has 1 aliphatic rings. The van der Waals surface area contributed by atoms with Gasteiger partial charge in [-0.15, -0.1) is 0 Å². The minimum Gasteiger partial charge on any atom is -0.367 e. The van der Waals surface area contributed by atoms with Gasteiger partial charge in [0, 0.05) is 24.7 Å². The van der Waals surface area contributed by atoms with Crippen molar-refractivity contribution in [1.29, 1.82) is 0 Å². The van der Waals surface area contributed by atoms with E-state index in [2.05, 4.69) is 19.2 Å². The Morgan fingerprint density at radius 3 is 2.76 bits per heavy atom. The van der Waals surface area contributed by atoms with E-state index >= 15 is 0 Å². The Bertz CT molecular complexity index is 404. The lowest BCUT2D eigenvalue weighted by Gasteiger charge is -2.31. The number of hydrogen-bond acceptors (Lipinski definition) is 2. The Morgan fingerprint density at radius 1 is 1.29 bits per heavy atom. The zero-order valence-corrected chi connectivity index (χ0v) is 10.3. The van der Waals surface area contributed by atoms with Crippen LogP contribution >= 0.6 is 0 Å². The Labute approximate surface area is 101 Å². The molecule has 94 valence electrons. The molecule has 2 rings (SSSR count). The topological polar surface area (TPSA) is 15.3 Å². The molecule has 1 heterocycles. The molecule has 0 atom stereocenters. The Balaban J connectivity index is 2.25. The first-order chi connectivity index (χ1) is 7.98. The zero-order chi connectivity index (χ0) is 12.5. The van der Waals surface area contributed by atoms with E-state index in [1.54, 1.807) is 0 Å². The zero-order valence-electron chi connectivity index (χ0n) is 10.3. The molecule has 1 saturated heterocycles. The smallest absolute Gasteiger partial charge is 0.149 e. The van der Waals surface area contributed by atoms with E-state index < -0.39 is 11.6 Å². The number of rotatable bonds is 1. The molecule has 0 spiro atoms. The van der Waals surface area contributed by atoms with Crippen molar-refractivity contribution < 1.29 is 8.78 Å². The average Bonchev–Trinajstić information content (AvgIpc) is 2.39. The quantitative estimate of drug-likeness (QED) is 0.811. The summed E-state index contributed by atoms with van der Waals surface area (Å²) in [4.78, 5) is 1.98. The summed E-state index contributed by atoms with van der Waals surface area (Å²) < 4.78 is 26.6. The Kier molecular flexibility index (Phi) is 3.33. The number of anilines is 1. The predicted molar refractivity (Wildman–Crippen MR) is 65.3 cm³/mol. The number of halogens is 2. The van der Waals surface area contributed by atoms with Gasteiger partial charge in [0.2, 0.25) is 0 Å². The fraction of sp³-hybridized carbons (Fsp3) is 0.538. The van der Waals surface area contributed by atoms with Crippen molar-refractivity contribution >= 4 is 5.69 Å². The summed E-state index contributed by atoms with van der Waals surface area (Å²) in [5.41, 5.74) is 0.431. The predicted octanol–water partition coefficient (Wildman–Crippen LogP) is 2.54. The molecule has 1 aliphatic heterocycles. The molecule has 0 unspecified atom stereocenters. The van der Waals surface area contributed by atoms with Gasteiger partial charge in [0.15, 0.2) is 0 Å². The molecule has 1 aromatic rings. The second-order valence-corrected chi connectivity index (χ2v) is 5.18. The lowest BCUT2D eigenvalue weighted by Crippen LogP contribution is -2.46. The lowest BCUT2D eigenvalue weighted by molar-refractivity contribution is 0.415. The van der Waals surface area contributed by atoms with Gasteiger partial charge in [0.05, 0.1) is 5.69 Å². The van der Waals surface area contributed by atoms with Gasteiger partial charge in [-0.05, 0) is 38.9 Å². The molecular formula is C13H18F2N2. The van der Waals surface area contributed by atoms with E-state index in [1.165, 1.54) is 12.1 Å². The molecule has 1 aromatic carbocycles. The highest BCUT2D eigenvalue weighted by Crippen LogP contribution is 2.23. The number of benzene rings is 1. The van der Waals surface area contributed by atoms with Crippen molar-refractivity contribution in [3.8, 4) is 0 Å². The molecule has 1 N–H and O–H groups in total. The molecular weight excluding hydrogens is 222 g/mol. The van der Waals surface area contributed by atoms with E-state index in [0.717, 1.165) is 32.1 Å². The van der Waals surface area contributed by atoms with Crippen LogP contribution in [0, 0.1) is 11.6 Å². The van der Waals surface area contributed by atoms with Gasteiger partial charge in [-0.3, -0.25) is 0 Å². The molecule has 1 fully saturated rings. The minimum absolute atomic E-state index is 0.0582. The van der Waals surface area contributed by atoms with Crippen molar-refractivity contribution in [2.45, 2.75) is 25.8 Å². The second kappa shape index (κ2) is 4.61. The Hall–Kier alpha value is -1.16. The maximum Gasteiger partial charge on any atom is 0.149 e. The second-order valence-electron chi connectivity index (χ2n) is 5.18.